The smallest absolute Gasteiger partial charge is 0.133 e. The highest BCUT2D eigenvalue weighted by atomic mass is 16.2. The van der Waals surface area contributed by atoms with E-state index in [4.69, 9.17) is 5.11 Å². The van der Waals surface area contributed by atoms with Crippen LogP contribution in [0.3, 0.4) is 0 Å². The fraction of sp³-hybridized carbons (Fsp3) is 0.636. The zero-order valence-electron chi connectivity index (χ0n) is 9.98. The summed E-state index contributed by atoms with van der Waals surface area (Å²) >= 11 is 0. The molecule has 1 aromatic rings. The summed E-state index contributed by atoms with van der Waals surface area (Å²) in [5, 5.41) is 11.7. The summed E-state index contributed by atoms with van der Waals surface area (Å²) in [6.45, 7) is 1.22. The van der Waals surface area contributed by atoms with E-state index in [0.29, 0.717) is 0 Å². The Labute approximate surface area is 96.5 Å². The highest BCUT2D eigenvalue weighted by molar-refractivity contribution is 5.47. The molecule has 0 unspecified atom stereocenters. The largest absolute Gasteiger partial charge is 0.396 e. The molecule has 0 aliphatic heterocycles. The number of hydrogen-bond donors (Lipinski definition) is 2. The van der Waals surface area contributed by atoms with E-state index in [0.717, 1.165) is 37.4 Å². The fourth-order valence-corrected chi connectivity index (χ4v) is 1.44. The van der Waals surface area contributed by atoms with E-state index in [1.54, 1.807) is 6.33 Å². The molecule has 0 bridgehead atoms. The Bertz CT molecular complexity index is 306. The van der Waals surface area contributed by atoms with Gasteiger partial charge in [0.05, 0.1) is 0 Å². The Balaban J connectivity index is 2.42. The zero-order valence-corrected chi connectivity index (χ0v) is 9.98. The number of aliphatic hydroxyl groups is 1. The zero-order chi connectivity index (χ0) is 11.8. The number of rotatable bonds is 7. The SMILES string of the molecule is CNc1cc(N(C)CCCCCO)ncn1. The van der Waals surface area contributed by atoms with Gasteiger partial charge in [0.25, 0.3) is 0 Å². The van der Waals surface area contributed by atoms with E-state index in [9.17, 15) is 0 Å². The fourth-order valence-electron chi connectivity index (χ4n) is 1.44. The average Bonchev–Trinajstić information content (AvgIpc) is 2.34. The Morgan fingerprint density at radius 3 is 2.81 bits per heavy atom. The summed E-state index contributed by atoms with van der Waals surface area (Å²) < 4.78 is 0. The Kier molecular flexibility index (Phi) is 5.56. The van der Waals surface area contributed by atoms with E-state index in [1.165, 1.54) is 0 Å². The predicted molar refractivity (Wildman–Crippen MR) is 65.8 cm³/mol. The van der Waals surface area contributed by atoms with E-state index >= 15 is 0 Å². The van der Waals surface area contributed by atoms with Crippen LogP contribution >= 0.6 is 0 Å². The summed E-state index contributed by atoms with van der Waals surface area (Å²) in [4.78, 5) is 10.4. The quantitative estimate of drug-likeness (QED) is 0.680. The van der Waals surface area contributed by atoms with Crippen LogP contribution < -0.4 is 10.2 Å². The normalized spacial score (nSPS) is 10.2. The van der Waals surface area contributed by atoms with Gasteiger partial charge in [-0.1, -0.05) is 0 Å². The number of unbranched alkanes of at least 4 members (excludes halogenated alkanes) is 2. The summed E-state index contributed by atoms with van der Waals surface area (Å²) in [5.74, 6) is 1.75. The molecule has 0 aliphatic carbocycles. The molecule has 0 amide bonds. The standard InChI is InChI=1S/C11H20N4O/c1-12-10-8-11(14-9-13-10)15(2)6-4-3-5-7-16/h8-9,16H,3-7H2,1-2H3,(H,12,13,14). The minimum Gasteiger partial charge on any atom is -0.396 e. The van der Waals surface area contributed by atoms with Crippen molar-refractivity contribution in [1.29, 1.82) is 0 Å². The third kappa shape index (κ3) is 4.02. The van der Waals surface area contributed by atoms with Gasteiger partial charge in [0.2, 0.25) is 0 Å². The first-order chi connectivity index (χ1) is 7.77. The number of nitrogens with one attached hydrogen (secondary N) is 1. The van der Waals surface area contributed by atoms with Gasteiger partial charge < -0.3 is 15.3 Å². The van der Waals surface area contributed by atoms with Gasteiger partial charge in [-0.05, 0) is 19.3 Å². The number of aliphatic hydroxyl groups excluding tert-OH is 1. The third-order valence-corrected chi connectivity index (χ3v) is 2.45. The molecule has 0 saturated heterocycles. The van der Waals surface area contributed by atoms with E-state index in [-0.39, 0.29) is 6.61 Å². The van der Waals surface area contributed by atoms with Crippen LogP contribution in [-0.4, -0.2) is 42.3 Å². The topological polar surface area (TPSA) is 61.3 Å². The molecule has 16 heavy (non-hydrogen) atoms. The maximum absolute atomic E-state index is 8.67. The van der Waals surface area contributed by atoms with Crippen LogP contribution in [-0.2, 0) is 0 Å². The highest BCUT2D eigenvalue weighted by Crippen LogP contribution is 2.12. The molecule has 0 radical (unpaired) electrons. The first kappa shape index (κ1) is 12.7. The lowest BCUT2D eigenvalue weighted by molar-refractivity contribution is 0.283. The molecule has 0 aliphatic rings. The van der Waals surface area contributed by atoms with Gasteiger partial charge in [-0.3, -0.25) is 0 Å². The van der Waals surface area contributed by atoms with Gasteiger partial charge in [0.1, 0.15) is 18.0 Å². The molecule has 1 heterocycles. The van der Waals surface area contributed by atoms with Crippen molar-refractivity contribution >= 4 is 11.6 Å². The van der Waals surface area contributed by atoms with Gasteiger partial charge in [-0.2, -0.15) is 0 Å². The van der Waals surface area contributed by atoms with Gasteiger partial charge >= 0.3 is 0 Å². The molecule has 1 aromatic heterocycles. The molecule has 0 saturated carbocycles. The summed E-state index contributed by atoms with van der Waals surface area (Å²) in [5.41, 5.74) is 0. The Hall–Kier alpha value is -1.36. The summed E-state index contributed by atoms with van der Waals surface area (Å²) in [6.07, 6.45) is 4.55. The number of aromatic nitrogens is 2. The van der Waals surface area contributed by atoms with Crippen LogP contribution in [0.2, 0.25) is 0 Å². The Morgan fingerprint density at radius 2 is 2.12 bits per heavy atom. The maximum atomic E-state index is 8.67. The van der Waals surface area contributed by atoms with Crippen LogP contribution in [0.15, 0.2) is 12.4 Å². The highest BCUT2D eigenvalue weighted by Gasteiger charge is 2.03. The van der Waals surface area contributed by atoms with Crippen molar-refractivity contribution in [2.24, 2.45) is 0 Å². The molecule has 0 spiro atoms. The van der Waals surface area contributed by atoms with Crippen LogP contribution in [0.5, 0.6) is 0 Å². The molecule has 5 heteroatoms. The van der Waals surface area contributed by atoms with Crippen molar-refractivity contribution in [3.8, 4) is 0 Å². The first-order valence-corrected chi connectivity index (χ1v) is 5.59. The minimum atomic E-state index is 0.279. The minimum absolute atomic E-state index is 0.279. The van der Waals surface area contributed by atoms with Gasteiger partial charge in [-0.15, -0.1) is 0 Å². The van der Waals surface area contributed by atoms with Crippen molar-refractivity contribution in [2.45, 2.75) is 19.3 Å². The van der Waals surface area contributed by atoms with Gasteiger partial charge in [0, 0.05) is 33.3 Å². The van der Waals surface area contributed by atoms with E-state index in [2.05, 4.69) is 20.2 Å². The molecule has 0 fully saturated rings. The molecule has 1 rings (SSSR count). The lowest BCUT2D eigenvalue weighted by Gasteiger charge is -2.18. The lowest BCUT2D eigenvalue weighted by Crippen LogP contribution is -2.20. The second-order valence-electron chi connectivity index (χ2n) is 3.72. The molecule has 0 atom stereocenters. The molecule has 90 valence electrons. The van der Waals surface area contributed by atoms with Crippen molar-refractivity contribution < 1.29 is 5.11 Å². The lowest BCUT2D eigenvalue weighted by atomic mass is 10.2. The van der Waals surface area contributed by atoms with Crippen molar-refractivity contribution in [2.75, 3.05) is 37.5 Å². The molecule has 5 nitrogen and oxygen atoms in total. The maximum Gasteiger partial charge on any atom is 0.133 e. The summed E-state index contributed by atoms with van der Waals surface area (Å²) in [7, 11) is 3.86. The van der Waals surface area contributed by atoms with Crippen molar-refractivity contribution in [3.63, 3.8) is 0 Å². The van der Waals surface area contributed by atoms with Crippen LogP contribution in [0, 0.1) is 0 Å². The Morgan fingerprint density at radius 1 is 1.31 bits per heavy atom. The number of nitrogens with zero attached hydrogens (tertiary/aromatic N) is 3. The van der Waals surface area contributed by atoms with Crippen molar-refractivity contribution in [3.05, 3.63) is 12.4 Å². The van der Waals surface area contributed by atoms with Crippen LogP contribution in [0.4, 0.5) is 11.6 Å². The molecular formula is C11H20N4O. The van der Waals surface area contributed by atoms with E-state index < -0.39 is 0 Å². The second-order valence-corrected chi connectivity index (χ2v) is 3.72. The van der Waals surface area contributed by atoms with Crippen molar-refractivity contribution in [1.82, 2.24) is 9.97 Å². The van der Waals surface area contributed by atoms with Crippen LogP contribution in [0.1, 0.15) is 19.3 Å². The third-order valence-electron chi connectivity index (χ3n) is 2.45. The second kappa shape index (κ2) is 7.00. The average molecular weight is 224 g/mol. The van der Waals surface area contributed by atoms with E-state index in [1.807, 2.05) is 20.2 Å². The monoisotopic (exact) mass is 224 g/mol. The number of anilines is 2. The first-order valence-electron chi connectivity index (χ1n) is 5.59. The summed E-state index contributed by atoms with van der Waals surface area (Å²) in [6, 6.07) is 1.92. The predicted octanol–water partition coefficient (Wildman–Crippen LogP) is 1.12. The van der Waals surface area contributed by atoms with Gasteiger partial charge in [0.15, 0.2) is 0 Å². The molecule has 2 N–H and O–H groups in total. The molecular weight excluding hydrogens is 204 g/mol. The number of hydrogen-bond acceptors (Lipinski definition) is 5. The van der Waals surface area contributed by atoms with Crippen LogP contribution in [0.25, 0.3) is 0 Å². The molecule has 0 aromatic carbocycles. The van der Waals surface area contributed by atoms with Gasteiger partial charge in [-0.25, -0.2) is 9.97 Å².